The molecule has 0 saturated heterocycles. The number of hydrogen-bond donors (Lipinski definition) is 0. The molecule has 1 amide bonds. The predicted octanol–water partition coefficient (Wildman–Crippen LogP) is 5.97. The summed E-state index contributed by atoms with van der Waals surface area (Å²) in [4.78, 5) is 14.1. The monoisotopic (exact) mass is 341 g/mol. The normalized spacial score (nSPS) is 11.2. The third-order valence-corrected chi connectivity index (χ3v) is 4.75. The van der Waals surface area contributed by atoms with Crippen LogP contribution in [-0.4, -0.2) is 5.91 Å². The van der Waals surface area contributed by atoms with Crippen LogP contribution in [0.2, 0.25) is 5.02 Å². The Labute approximate surface area is 144 Å². The standard InChI is InChI=1S/C19H16ClNOS/c1-2-19(22)21(11-10-14-6-4-3-5-7-14)17-13-23-18-9-8-15(20)12-16(17)18/h3-13H,2H2,1H3/b11-10+. The van der Waals surface area contributed by atoms with Crippen LogP contribution in [-0.2, 0) is 4.79 Å². The predicted molar refractivity (Wildman–Crippen MR) is 100 cm³/mol. The molecule has 0 aliphatic rings. The van der Waals surface area contributed by atoms with Crippen molar-refractivity contribution in [3.63, 3.8) is 0 Å². The molecule has 23 heavy (non-hydrogen) atoms. The number of hydrogen-bond acceptors (Lipinski definition) is 2. The fraction of sp³-hybridized carbons (Fsp3) is 0.105. The van der Waals surface area contributed by atoms with Gasteiger partial charge in [-0.05, 0) is 29.8 Å². The first-order valence-electron chi connectivity index (χ1n) is 7.41. The minimum Gasteiger partial charge on any atom is -0.286 e. The van der Waals surface area contributed by atoms with Crippen LogP contribution < -0.4 is 4.90 Å². The number of carbonyl (C=O) groups excluding carboxylic acids is 1. The summed E-state index contributed by atoms with van der Waals surface area (Å²) in [6.07, 6.45) is 4.22. The molecule has 3 aromatic rings. The van der Waals surface area contributed by atoms with Crippen LogP contribution in [0.1, 0.15) is 18.9 Å². The van der Waals surface area contributed by atoms with E-state index in [0.29, 0.717) is 11.4 Å². The number of fused-ring (bicyclic) bond motifs is 1. The van der Waals surface area contributed by atoms with Crippen LogP contribution in [0.4, 0.5) is 5.69 Å². The fourth-order valence-electron chi connectivity index (χ4n) is 2.37. The maximum Gasteiger partial charge on any atom is 0.230 e. The molecule has 0 radical (unpaired) electrons. The summed E-state index contributed by atoms with van der Waals surface area (Å²) in [5.74, 6) is 0.0526. The Morgan fingerprint density at radius 2 is 2.00 bits per heavy atom. The molecule has 0 spiro atoms. The fourth-order valence-corrected chi connectivity index (χ4v) is 3.46. The molecule has 1 aromatic heterocycles. The average Bonchev–Trinajstić information content (AvgIpc) is 2.98. The van der Waals surface area contributed by atoms with Gasteiger partial charge in [-0.2, -0.15) is 0 Å². The number of carbonyl (C=O) groups is 1. The van der Waals surface area contributed by atoms with Gasteiger partial charge in [-0.25, -0.2) is 0 Å². The highest BCUT2D eigenvalue weighted by Gasteiger charge is 2.16. The van der Waals surface area contributed by atoms with E-state index in [1.807, 2.05) is 73.1 Å². The van der Waals surface area contributed by atoms with Crippen molar-refractivity contribution >= 4 is 50.7 Å². The Kier molecular flexibility index (Phi) is 4.79. The minimum atomic E-state index is 0.0526. The lowest BCUT2D eigenvalue weighted by Gasteiger charge is -2.17. The van der Waals surface area contributed by atoms with E-state index in [1.165, 1.54) is 0 Å². The van der Waals surface area contributed by atoms with Crippen LogP contribution >= 0.6 is 22.9 Å². The quantitative estimate of drug-likeness (QED) is 0.572. The molecule has 0 unspecified atom stereocenters. The molecule has 0 aliphatic heterocycles. The number of benzene rings is 2. The van der Waals surface area contributed by atoms with Gasteiger partial charge in [0.1, 0.15) is 0 Å². The van der Waals surface area contributed by atoms with Crippen LogP contribution in [0.15, 0.2) is 60.1 Å². The first kappa shape index (κ1) is 15.8. The van der Waals surface area contributed by atoms with Gasteiger partial charge >= 0.3 is 0 Å². The van der Waals surface area contributed by atoms with E-state index < -0.39 is 0 Å². The Morgan fingerprint density at radius 1 is 1.22 bits per heavy atom. The van der Waals surface area contributed by atoms with Crippen molar-refractivity contribution in [2.45, 2.75) is 13.3 Å². The average molecular weight is 342 g/mol. The molecule has 4 heteroatoms. The van der Waals surface area contributed by atoms with Gasteiger partial charge in [0.05, 0.1) is 5.69 Å². The number of halogens is 1. The van der Waals surface area contributed by atoms with Crippen molar-refractivity contribution in [1.82, 2.24) is 0 Å². The molecule has 0 atom stereocenters. The summed E-state index contributed by atoms with van der Waals surface area (Å²) < 4.78 is 1.12. The SMILES string of the molecule is CCC(=O)N(/C=C/c1ccccc1)c1csc2ccc(Cl)cc12. The van der Waals surface area contributed by atoms with E-state index in [2.05, 4.69) is 0 Å². The Balaban J connectivity index is 2.03. The summed E-state index contributed by atoms with van der Waals surface area (Å²) in [5.41, 5.74) is 1.94. The maximum absolute atomic E-state index is 12.4. The zero-order chi connectivity index (χ0) is 16.2. The summed E-state index contributed by atoms with van der Waals surface area (Å²) in [6.45, 7) is 1.87. The molecule has 2 aromatic carbocycles. The van der Waals surface area contributed by atoms with Gasteiger partial charge in [-0.15, -0.1) is 11.3 Å². The minimum absolute atomic E-state index is 0.0526. The van der Waals surface area contributed by atoms with Gasteiger partial charge in [-0.1, -0.05) is 48.9 Å². The smallest absolute Gasteiger partial charge is 0.230 e. The first-order chi connectivity index (χ1) is 11.2. The lowest BCUT2D eigenvalue weighted by atomic mass is 10.2. The van der Waals surface area contributed by atoms with Gasteiger partial charge in [0.15, 0.2) is 0 Å². The van der Waals surface area contributed by atoms with Gasteiger partial charge in [0.25, 0.3) is 0 Å². The largest absolute Gasteiger partial charge is 0.286 e. The molecule has 116 valence electrons. The zero-order valence-corrected chi connectivity index (χ0v) is 14.3. The second kappa shape index (κ2) is 6.99. The van der Waals surface area contributed by atoms with E-state index in [4.69, 9.17) is 11.6 Å². The zero-order valence-electron chi connectivity index (χ0n) is 12.7. The lowest BCUT2D eigenvalue weighted by Crippen LogP contribution is -2.23. The molecule has 0 saturated carbocycles. The molecule has 0 aliphatic carbocycles. The van der Waals surface area contributed by atoms with E-state index in [-0.39, 0.29) is 5.91 Å². The third-order valence-electron chi connectivity index (χ3n) is 3.56. The number of amides is 1. The van der Waals surface area contributed by atoms with Crippen molar-refractivity contribution in [3.8, 4) is 0 Å². The van der Waals surface area contributed by atoms with Crippen LogP contribution in [0, 0.1) is 0 Å². The van der Waals surface area contributed by atoms with E-state index in [1.54, 1.807) is 16.2 Å². The molecular formula is C19H16ClNOS. The summed E-state index contributed by atoms with van der Waals surface area (Å²) in [5, 5.41) is 3.68. The lowest BCUT2D eigenvalue weighted by molar-refractivity contribution is -0.117. The molecule has 0 bridgehead atoms. The molecule has 3 rings (SSSR count). The van der Waals surface area contributed by atoms with Crippen LogP contribution in [0.5, 0.6) is 0 Å². The van der Waals surface area contributed by atoms with Gasteiger partial charge in [0.2, 0.25) is 5.91 Å². The van der Waals surface area contributed by atoms with Crippen molar-refractivity contribution in [3.05, 3.63) is 70.7 Å². The highest BCUT2D eigenvalue weighted by atomic mass is 35.5. The Morgan fingerprint density at radius 3 is 2.74 bits per heavy atom. The van der Waals surface area contributed by atoms with Gasteiger partial charge < -0.3 is 0 Å². The second-order valence-corrected chi connectivity index (χ2v) is 6.45. The Hall–Kier alpha value is -2.10. The van der Waals surface area contributed by atoms with Crippen molar-refractivity contribution in [1.29, 1.82) is 0 Å². The van der Waals surface area contributed by atoms with Crippen LogP contribution in [0.3, 0.4) is 0 Å². The maximum atomic E-state index is 12.4. The number of anilines is 1. The van der Waals surface area contributed by atoms with Crippen molar-refractivity contribution in [2.75, 3.05) is 4.90 Å². The topological polar surface area (TPSA) is 20.3 Å². The number of nitrogens with zero attached hydrogens (tertiary/aromatic N) is 1. The van der Waals surface area contributed by atoms with E-state index in [9.17, 15) is 4.79 Å². The van der Waals surface area contributed by atoms with Crippen LogP contribution in [0.25, 0.3) is 16.2 Å². The first-order valence-corrected chi connectivity index (χ1v) is 8.67. The highest BCUT2D eigenvalue weighted by Crippen LogP contribution is 2.35. The summed E-state index contributed by atoms with van der Waals surface area (Å²) in [7, 11) is 0. The molecule has 2 nitrogen and oxygen atoms in total. The highest BCUT2D eigenvalue weighted by molar-refractivity contribution is 7.17. The summed E-state index contributed by atoms with van der Waals surface area (Å²) in [6, 6.07) is 15.7. The molecule has 0 N–H and O–H groups in total. The number of rotatable bonds is 4. The van der Waals surface area contributed by atoms with Crippen molar-refractivity contribution < 1.29 is 4.79 Å². The van der Waals surface area contributed by atoms with E-state index >= 15 is 0 Å². The summed E-state index contributed by atoms with van der Waals surface area (Å²) >= 11 is 7.74. The van der Waals surface area contributed by atoms with E-state index in [0.717, 1.165) is 21.3 Å². The van der Waals surface area contributed by atoms with Gasteiger partial charge in [0, 0.05) is 33.1 Å². The van der Waals surface area contributed by atoms with Gasteiger partial charge in [-0.3, -0.25) is 9.69 Å². The molecular weight excluding hydrogens is 326 g/mol. The molecule has 0 fully saturated rings. The second-order valence-electron chi connectivity index (χ2n) is 5.11. The number of thiophene rings is 1. The van der Waals surface area contributed by atoms with Crippen molar-refractivity contribution in [2.24, 2.45) is 0 Å². The molecule has 1 heterocycles. The Bertz CT molecular complexity index is 854. The third kappa shape index (κ3) is 3.46.